The molecule has 1 aromatic carbocycles. The van der Waals surface area contributed by atoms with E-state index in [-0.39, 0.29) is 58.2 Å². The largest absolute Gasteiger partial charge is 0.490 e. The van der Waals surface area contributed by atoms with Crippen LogP contribution in [0.2, 0.25) is 0 Å². The maximum Gasteiger partial charge on any atom is 0.267 e. The van der Waals surface area contributed by atoms with Gasteiger partial charge in [0.2, 0.25) is 0 Å². The number of rotatable bonds is 7. The summed E-state index contributed by atoms with van der Waals surface area (Å²) in [5, 5.41) is 16.9. The van der Waals surface area contributed by atoms with Crippen LogP contribution in [0.25, 0.3) is 0 Å². The number of aromatic nitrogens is 1. The molecular formula is C27H42N4O7S. The number of nitrogens with one attached hydrogen (secondary N) is 2. The van der Waals surface area contributed by atoms with Crippen molar-refractivity contribution in [3.63, 3.8) is 0 Å². The zero-order valence-electron chi connectivity index (χ0n) is 23.7. The SMILES string of the molecule is CNC[C@H]1OCCCC[C@H](C)Oc2ccc(NS(=O)(=O)c3c(C)noc3C)cc2C(=O)N([C@H](C)CO)C[C@H]1C. The molecule has 0 aliphatic carbocycles. The number of aryl methyl sites for hydroxylation is 2. The Bertz CT molecular complexity index is 1200. The van der Waals surface area contributed by atoms with E-state index in [2.05, 4.69) is 15.2 Å². The Hall–Kier alpha value is -2.67. The topological polar surface area (TPSA) is 143 Å². The Labute approximate surface area is 231 Å². The zero-order chi connectivity index (χ0) is 28.7. The maximum absolute atomic E-state index is 14.1. The molecule has 1 aromatic heterocycles. The molecule has 2 aromatic rings. The van der Waals surface area contributed by atoms with E-state index in [9.17, 15) is 18.3 Å². The van der Waals surface area contributed by atoms with E-state index >= 15 is 0 Å². The summed E-state index contributed by atoms with van der Waals surface area (Å²) in [6.45, 7) is 10.1. The summed E-state index contributed by atoms with van der Waals surface area (Å²) in [7, 11) is -2.17. The number of aliphatic hydroxyl groups excluding tert-OH is 1. The number of likely N-dealkylation sites (N-methyl/N-ethyl adjacent to an activating group) is 1. The molecule has 3 rings (SSSR count). The monoisotopic (exact) mass is 566 g/mol. The zero-order valence-corrected chi connectivity index (χ0v) is 24.5. The summed E-state index contributed by atoms with van der Waals surface area (Å²) in [4.78, 5) is 15.6. The van der Waals surface area contributed by atoms with Gasteiger partial charge in [0, 0.05) is 31.3 Å². The Morgan fingerprint density at radius 1 is 1.23 bits per heavy atom. The third-order valence-corrected chi connectivity index (χ3v) is 8.57. The lowest BCUT2D eigenvalue weighted by atomic mass is 10.0. The van der Waals surface area contributed by atoms with E-state index in [0.717, 1.165) is 19.3 Å². The highest BCUT2D eigenvalue weighted by Gasteiger charge is 2.30. The predicted octanol–water partition coefficient (Wildman–Crippen LogP) is 3.11. The van der Waals surface area contributed by atoms with Crippen LogP contribution in [0.1, 0.15) is 61.8 Å². The highest BCUT2D eigenvalue weighted by molar-refractivity contribution is 7.92. The second kappa shape index (κ2) is 13.6. The van der Waals surface area contributed by atoms with Crippen LogP contribution in [0.3, 0.4) is 0 Å². The van der Waals surface area contributed by atoms with Gasteiger partial charge in [0.1, 0.15) is 11.4 Å². The lowest BCUT2D eigenvalue weighted by molar-refractivity contribution is -0.000450. The maximum atomic E-state index is 14.1. The fraction of sp³-hybridized carbons (Fsp3) is 0.630. The first-order valence-electron chi connectivity index (χ1n) is 13.4. The van der Waals surface area contributed by atoms with Crippen molar-refractivity contribution in [2.24, 2.45) is 5.92 Å². The molecule has 12 heteroatoms. The van der Waals surface area contributed by atoms with Gasteiger partial charge >= 0.3 is 0 Å². The molecule has 3 N–H and O–H groups in total. The van der Waals surface area contributed by atoms with Crippen molar-refractivity contribution in [3.05, 3.63) is 35.2 Å². The number of sulfonamides is 1. The first kappa shape index (κ1) is 30.9. The highest BCUT2D eigenvalue weighted by Crippen LogP contribution is 2.30. The van der Waals surface area contributed by atoms with Crippen LogP contribution < -0.4 is 14.8 Å². The second-order valence-corrected chi connectivity index (χ2v) is 11.9. The number of aliphatic hydroxyl groups is 1. The minimum absolute atomic E-state index is 0.0390. The van der Waals surface area contributed by atoms with Gasteiger partial charge in [0.05, 0.1) is 30.4 Å². The Morgan fingerprint density at radius 3 is 2.62 bits per heavy atom. The predicted molar refractivity (Wildman–Crippen MR) is 148 cm³/mol. The normalized spacial score (nSPS) is 22.5. The number of amides is 1. The van der Waals surface area contributed by atoms with Crippen molar-refractivity contribution in [2.45, 2.75) is 77.0 Å². The molecule has 2 heterocycles. The number of carbonyl (C=O) groups excluding carboxylic acids is 1. The molecule has 11 nitrogen and oxygen atoms in total. The summed E-state index contributed by atoms with van der Waals surface area (Å²) < 4.78 is 46.3. The molecule has 1 aliphatic heterocycles. The minimum Gasteiger partial charge on any atom is -0.490 e. The fourth-order valence-electron chi connectivity index (χ4n) is 4.74. The third-order valence-electron chi connectivity index (χ3n) is 6.95. The quantitative estimate of drug-likeness (QED) is 0.461. The Balaban J connectivity index is 2.04. The summed E-state index contributed by atoms with van der Waals surface area (Å²) in [6, 6.07) is 4.17. The van der Waals surface area contributed by atoms with E-state index in [1.54, 1.807) is 30.9 Å². The number of anilines is 1. The molecule has 0 saturated heterocycles. The standard InChI is InChI=1S/C27H42N4O7S/c1-17-15-31(18(2)16-32)27(33)23-13-22(30-39(34,35)26-20(4)29-38-21(26)5)10-11-24(23)37-19(3)9-7-8-12-36-25(17)14-28-6/h10-11,13,17-19,25,28,30,32H,7-9,12,14-16H2,1-6H3/t17-,18-,19+,25-/m1/s1. The molecule has 218 valence electrons. The van der Waals surface area contributed by atoms with E-state index < -0.39 is 16.1 Å². The van der Waals surface area contributed by atoms with Gasteiger partial charge in [-0.05, 0) is 72.2 Å². The molecule has 1 amide bonds. The summed E-state index contributed by atoms with van der Waals surface area (Å²) >= 11 is 0. The van der Waals surface area contributed by atoms with Gasteiger partial charge in [0.15, 0.2) is 10.7 Å². The number of carbonyl (C=O) groups is 1. The second-order valence-electron chi connectivity index (χ2n) is 10.3. The molecule has 4 atom stereocenters. The fourth-order valence-corrected chi connectivity index (χ4v) is 6.12. The summed E-state index contributed by atoms with van der Waals surface area (Å²) in [5.74, 6) is 0.115. The minimum atomic E-state index is -4.03. The molecule has 39 heavy (non-hydrogen) atoms. The number of hydrogen-bond donors (Lipinski definition) is 3. The van der Waals surface area contributed by atoms with E-state index in [0.29, 0.717) is 25.4 Å². The van der Waals surface area contributed by atoms with Crippen molar-refractivity contribution in [1.82, 2.24) is 15.4 Å². The van der Waals surface area contributed by atoms with Gasteiger partial charge in [-0.1, -0.05) is 12.1 Å². The highest BCUT2D eigenvalue weighted by atomic mass is 32.2. The molecule has 1 aliphatic rings. The van der Waals surface area contributed by atoms with Gasteiger partial charge < -0.3 is 29.3 Å². The smallest absolute Gasteiger partial charge is 0.267 e. The van der Waals surface area contributed by atoms with Crippen molar-refractivity contribution >= 4 is 21.6 Å². The Kier molecular flexibility index (Phi) is 10.8. The molecule has 0 bridgehead atoms. The van der Waals surface area contributed by atoms with Crippen LogP contribution >= 0.6 is 0 Å². The van der Waals surface area contributed by atoms with E-state index in [4.69, 9.17) is 14.0 Å². The molecular weight excluding hydrogens is 524 g/mol. The van der Waals surface area contributed by atoms with Crippen LogP contribution in [-0.4, -0.2) is 81.1 Å². The number of hydrogen-bond acceptors (Lipinski definition) is 9. The van der Waals surface area contributed by atoms with Crippen LogP contribution in [0.4, 0.5) is 5.69 Å². The van der Waals surface area contributed by atoms with E-state index in [1.165, 1.54) is 13.0 Å². The van der Waals surface area contributed by atoms with Gasteiger partial charge in [-0.3, -0.25) is 9.52 Å². The molecule has 0 fully saturated rings. The third kappa shape index (κ3) is 7.71. The van der Waals surface area contributed by atoms with Gasteiger partial charge in [0.25, 0.3) is 15.9 Å². The Morgan fingerprint density at radius 2 is 1.97 bits per heavy atom. The summed E-state index contributed by atoms with van der Waals surface area (Å²) in [6.07, 6.45) is 2.24. The lowest BCUT2D eigenvalue weighted by Gasteiger charge is -2.34. The van der Waals surface area contributed by atoms with Crippen molar-refractivity contribution < 1.29 is 32.3 Å². The van der Waals surface area contributed by atoms with Crippen LogP contribution in [0.15, 0.2) is 27.6 Å². The average Bonchev–Trinajstić information content (AvgIpc) is 3.24. The average molecular weight is 567 g/mol. The van der Waals surface area contributed by atoms with Crippen molar-refractivity contribution in [3.8, 4) is 5.75 Å². The van der Waals surface area contributed by atoms with Gasteiger partial charge in [-0.2, -0.15) is 0 Å². The van der Waals surface area contributed by atoms with E-state index in [1.807, 2.05) is 20.9 Å². The van der Waals surface area contributed by atoms with Crippen molar-refractivity contribution in [1.29, 1.82) is 0 Å². The van der Waals surface area contributed by atoms with Gasteiger partial charge in [-0.25, -0.2) is 8.42 Å². The number of ether oxygens (including phenoxy) is 2. The molecule has 0 unspecified atom stereocenters. The van der Waals surface area contributed by atoms with Gasteiger partial charge in [-0.15, -0.1) is 0 Å². The lowest BCUT2D eigenvalue weighted by Crippen LogP contribution is -2.47. The first-order valence-corrected chi connectivity index (χ1v) is 14.9. The number of nitrogens with zero attached hydrogens (tertiary/aromatic N) is 2. The van der Waals surface area contributed by atoms with Crippen LogP contribution in [0, 0.1) is 19.8 Å². The van der Waals surface area contributed by atoms with Crippen molar-refractivity contribution in [2.75, 3.05) is 38.1 Å². The number of benzene rings is 1. The number of fused-ring (bicyclic) bond motifs is 1. The first-order chi connectivity index (χ1) is 18.5. The molecule has 0 radical (unpaired) electrons. The molecule has 0 saturated carbocycles. The van der Waals surface area contributed by atoms with Crippen LogP contribution in [0.5, 0.6) is 5.75 Å². The summed E-state index contributed by atoms with van der Waals surface area (Å²) in [5.41, 5.74) is 0.638. The molecule has 0 spiro atoms. The van der Waals surface area contributed by atoms with Crippen LogP contribution in [-0.2, 0) is 14.8 Å².